The van der Waals surface area contributed by atoms with Crippen molar-refractivity contribution in [3.63, 3.8) is 0 Å². The predicted molar refractivity (Wildman–Crippen MR) is 74.2 cm³/mol. The third-order valence-corrected chi connectivity index (χ3v) is 3.54. The lowest BCUT2D eigenvalue weighted by atomic mass is 10.0. The molecule has 102 valence electrons. The summed E-state index contributed by atoms with van der Waals surface area (Å²) in [5, 5.41) is 12.7. The topological polar surface area (TPSA) is 62.2 Å². The first kappa shape index (κ1) is 13.7. The minimum Gasteiger partial charge on any atom is -0.391 e. The molecule has 1 unspecified atom stereocenters. The summed E-state index contributed by atoms with van der Waals surface area (Å²) in [6.45, 7) is 0.334. The molecule has 0 aromatic carbocycles. The van der Waals surface area contributed by atoms with Crippen molar-refractivity contribution in [2.75, 3.05) is 6.54 Å². The van der Waals surface area contributed by atoms with E-state index in [2.05, 4.69) is 10.3 Å². The Balaban J connectivity index is 1.73. The summed E-state index contributed by atoms with van der Waals surface area (Å²) < 4.78 is 0. The van der Waals surface area contributed by atoms with E-state index in [-0.39, 0.29) is 5.91 Å². The third kappa shape index (κ3) is 4.48. The van der Waals surface area contributed by atoms with E-state index in [0.717, 1.165) is 18.4 Å². The van der Waals surface area contributed by atoms with Crippen molar-refractivity contribution in [3.05, 3.63) is 36.2 Å². The van der Waals surface area contributed by atoms with E-state index >= 15 is 0 Å². The molecule has 1 aromatic heterocycles. The van der Waals surface area contributed by atoms with Gasteiger partial charge in [-0.05, 0) is 36.5 Å². The molecule has 1 heterocycles. The molecular weight excluding hydrogens is 240 g/mol. The van der Waals surface area contributed by atoms with Crippen LogP contribution in [0.3, 0.4) is 0 Å². The van der Waals surface area contributed by atoms with E-state index in [4.69, 9.17) is 0 Å². The smallest absolute Gasteiger partial charge is 0.244 e. The number of rotatable bonds is 5. The highest BCUT2D eigenvalue weighted by Gasteiger charge is 2.22. The Bertz CT molecular complexity index is 425. The number of nitrogens with one attached hydrogen (secondary N) is 1. The summed E-state index contributed by atoms with van der Waals surface area (Å²) in [4.78, 5) is 15.6. The standard InChI is InChI=1S/C15H20N2O2/c18-14(13-5-1-2-6-13)11-17-15(19)8-7-12-4-3-9-16-10-12/h3-4,7-10,13-14,18H,1-2,5-6,11H2,(H,17,19)/b8-7+. The highest BCUT2D eigenvalue weighted by molar-refractivity contribution is 5.91. The quantitative estimate of drug-likeness (QED) is 0.793. The monoisotopic (exact) mass is 260 g/mol. The number of carbonyl (C=O) groups is 1. The van der Waals surface area contributed by atoms with Crippen molar-refractivity contribution in [2.45, 2.75) is 31.8 Å². The van der Waals surface area contributed by atoms with Gasteiger partial charge in [-0.2, -0.15) is 0 Å². The Labute approximate surface area is 113 Å². The van der Waals surface area contributed by atoms with Crippen LogP contribution in [0.25, 0.3) is 6.08 Å². The minimum atomic E-state index is -0.418. The molecule has 1 aliphatic carbocycles. The molecule has 1 aliphatic rings. The second-order valence-electron chi connectivity index (χ2n) is 4.98. The Hall–Kier alpha value is -1.68. The van der Waals surface area contributed by atoms with Gasteiger partial charge in [0.1, 0.15) is 0 Å². The first-order valence-corrected chi connectivity index (χ1v) is 6.80. The Morgan fingerprint density at radius 2 is 2.32 bits per heavy atom. The van der Waals surface area contributed by atoms with Crippen molar-refractivity contribution >= 4 is 12.0 Å². The first-order chi connectivity index (χ1) is 9.25. The van der Waals surface area contributed by atoms with Crippen LogP contribution in [-0.4, -0.2) is 28.6 Å². The summed E-state index contributed by atoms with van der Waals surface area (Å²) in [5.74, 6) is 0.170. The maximum atomic E-state index is 11.6. The molecule has 0 aliphatic heterocycles. The summed E-state index contributed by atoms with van der Waals surface area (Å²) in [6, 6.07) is 3.70. The van der Waals surface area contributed by atoms with Gasteiger partial charge < -0.3 is 10.4 Å². The molecule has 19 heavy (non-hydrogen) atoms. The number of aliphatic hydroxyl groups excluding tert-OH is 1. The summed E-state index contributed by atoms with van der Waals surface area (Å²) in [7, 11) is 0. The van der Waals surface area contributed by atoms with Crippen LogP contribution in [0.4, 0.5) is 0 Å². The van der Waals surface area contributed by atoms with E-state index in [1.807, 2.05) is 12.1 Å². The second-order valence-corrected chi connectivity index (χ2v) is 4.98. The lowest BCUT2D eigenvalue weighted by Crippen LogP contribution is -2.34. The Kier molecular flexibility index (Phi) is 5.10. The fourth-order valence-electron chi connectivity index (χ4n) is 2.42. The zero-order valence-corrected chi connectivity index (χ0v) is 11.0. The van der Waals surface area contributed by atoms with Crippen molar-refractivity contribution in [2.24, 2.45) is 5.92 Å². The summed E-state index contributed by atoms with van der Waals surface area (Å²) >= 11 is 0. The van der Waals surface area contributed by atoms with E-state index in [1.54, 1.807) is 18.5 Å². The molecule has 4 nitrogen and oxygen atoms in total. The molecule has 1 fully saturated rings. The molecule has 2 rings (SSSR count). The summed E-state index contributed by atoms with van der Waals surface area (Å²) in [6.07, 6.45) is 10.7. The van der Waals surface area contributed by atoms with Gasteiger partial charge in [0.2, 0.25) is 5.91 Å². The van der Waals surface area contributed by atoms with Crippen LogP contribution in [0.15, 0.2) is 30.6 Å². The molecule has 2 N–H and O–H groups in total. The van der Waals surface area contributed by atoms with Gasteiger partial charge >= 0.3 is 0 Å². The number of nitrogens with zero attached hydrogens (tertiary/aromatic N) is 1. The highest BCUT2D eigenvalue weighted by atomic mass is 16.3. The van der Waals surface area contributed by atoms with Crippen molar-refractivity contribution in [1.82, 2.24) is 10.3 Å². The Morgan fingerprint density at radius 3 is 3.00 bits per heavy atom. The van der Waals surface area contributed by atoms with Crippen LogP contribution in [0.5, 0.6) is 0 Å². The van der Waals surface area contributed by atoms with Crippen LogP contribution in [0.1, 0.15) is 31.2 Å². The highest BCUT2D eigenvalue weighted by Crippen LogP contribution is 2.27. The average molecular weight is 260 g/mol. The fourth-order valence-corrected chi connectivity index (χ4v) is 2.42. The van der Waals surface area contributed by atoms with Gasteiger partial charge in [-0.3, -0.25) is 9.78 Å². The zero-order chi connectivity index (χ0) is 13.5. The van der Waals surface area contributed by atoms with E-state index in [9.17, 15) is 9.90 Å². The predicted octanol–water partition coefficient (Wildman–Crippen LogP) is 1.76. The van der Waals surface area contributed by atoms with Crippen molar-refractivity contribution in [1.29, 1.82) is 0 Å². The number of carbonyl (C=O) groups excluding carboxylic acids is 1. The van der Waals surface area contributed by atoms with Gasteiger partial charge in [0.25, 0.3) is 0 Å². The largest absolute Gasteiger partial charge is 0.391 e. The normalized spacial score (nSPS) is 17.7. The van der Waals surface area contributed by atoms with Gasteiger partial charge in [0, 0.05) is 25.0 Å². The zero-order valence-electron chi connectivity index (χ0n) is 11.0. The number of hydrogen-bond acceptors (Lipinski definition) is 3. The van der Waals surface area contributed by atoms with Crippen LogP contribution in [-0.2, 0) is 4.79 Å². The molecule has 1 saturated carbocycles. The van der Waals surface area contributed by atoms with Gasteiger partial charge in [-0.15, -0.1) is 0 Å². The first-order valence-electron chi connectivity index (χ1n) is 6.80. The molecule has 0 radical (unpaired) electrons. The second kappa shape index (κ2) is 7.04. The maximum absolute atomic E-state index is 11.6. The fraction of sp³-hybridized carbons (Fsp3) is 0.467. The SMILES string of the molecule is O=C(/C=C/c1cccnc1)NCC(O)C1CCCC1. The molecule has 0 spiro atoms. The van der Waals surface area contributed by atoms with Crippen LogP contribution >= 0.6 is 0 Å². The van der Waals surface area contributed by atoms with Gasteiger partial charge in [0.15, 0.2) is 0 Å². The van der Waals surface area contributed by atoms with Crippen LogP contribution < -0.4 is 5.32 Å². The molecule has 4 heteroatoms. The number of amides is 1. The number of pyridine rings is 1. The molecule has 1 atom stereocenters. The van der Waals surface area contributed by atoms with E-state index in [1.165, 1.54) is 18.9 Å². The van der Waals surface area contributed by atoms with Crippen LogP contribution in [0.2, 0.25) is 0 Å². The third-order valence-electron chi connectivity index (χ3n) is 3.54. The number of aliphatic hydroxyl groups is 1. The Morgan fingerprint density at radius 1 is 1.53 bits per heavy atom. The molecule has 1 amide bonds. The number of aromatic nitrogens is 1. The van der Waals surface area contributed by atoms with Crippen LogP contribution in [0, 0.1) is 5.92 Å². The van der Waals surface area contributed by atoms with E-state index in [0.29, 0.717) is 12.5 Å². The molecule has 1 aromatic rings. The van der Waals surface area contributed by atoms with Crippen molar-refractivity contribution in [3.8, 4) is 0 Å². The lowest BCUT2D eigenvalue weighted by molar-refractivity contribution is -0.117. The van der Waals surface area contributed by atoms with Crippen molar-refractivity contribution < 1.29 is 9.90 Å². The molecular formula is C15H20N2O2. The van der Waals surface area contributed by atoms with Gasteiger partial charge in [-0.1, -0.05) is 18.9 Å². The maximum Gasteiger partial charge on any atom is 0.244 e. The van der Waals surface area contributed by atoms with E-state index < -0.39 is 6.10 Å². The number of hydrogen-bond donors (Lipinski definition) is 2. The summed E-state index contributed by atoms with van der Waals surface area (Å²) in [5.41, 5.74) is 0.883. The van der Waals surface area contributed by atoms with Gasteiger partial charge in [0.05, 0.1) is 6.10 Å². The lowest BCUT2D eigenvalue weighted by Gasteiger charge is -2.17. The molecule has 0 saturated heterocycles. The minimum absolute atomic E-state index is 0.180. The molecule has 0 bridgehead atoms. The average Bonchev–Trinajstić information content (AvgIpc) is 2.98. The van der Waals surface area contributed by atoms with Gasteiger partial charge in [-0.25, -0.2) is 0 Å².